The van der Waals surface area contributed by atoms with Crippen LogP contribution in [0.2, 0.25) is 0 Å². The van der Waals surface area contributed by atoms with Crippen LogP contribution < -0.4 is 0 Å². The SMILES string of the molecule is Cc1noc(C)c1COC1CN(CC(C)C)C(=O)CN(C(=O)c2cscn2)C1. The van der Waals surface area contributed by atoms with Crippen LogP contribution >= 0.6 is 11.3 Å². The number of ether oxygens (including phenoxy) is 1. The van der Waals surface area contributed by atoms with Crippen molar-refractivity contribution in [3.05, 3.63) is 33.6 Å². The highest BCUT2D eigenvalue weighted by Gasteiger charge is 2.32. The van der Waals surface area contributed by atoms with Crippen molar-refractivity contribution in [1.29, 1.82) is 0 Å². The molecule has 0 aromatic carbocycles. The zero-order valence-corrected chi connectivity index (χ0v) is 17.5. The van der Waals surface area contributed by atoms with Crippen molar-refractivity contribution in [1.82, 2.24) is 19.9 Å². The van der Waals surface area contributed by atoms with E-state index in [1.54, 1.807) is 15.8 Å². The number of hydrogen-bond acceptors (Lipinski definition) is 7. The van der Waals surface area contributed by atoms with Crippen LogP contribution in [0.15, 0.2) is 15.4 Å². The molecule has 1 aliphatic rings. The van der Waals surface area contributed by atoms with Crippen LogP contribution in [0.25, 0.3) is 0 Å². The molecule has 3 rings (SSSR count). The highest BCUT2D eigenvalue weighted by molar-refractivity contribution is 7.07. The van der Waals surface area contributed by atoms with E-state index in [9.17, 15) is 9.59 Å². The Morgan fingerprint density at radius 1 is 1.39 bits per heavy atom. The Labute approximate surface area is 168 Å². The van der Waals surface area contributed by atoms with E-state index in [2.05, 4.69) is 24.0 Å². The molecule has 2 amide bonds. The Balaban J connectivity index is 1.77. The maximum atomic E-state index is 12.8. The van der Waals surface area contributed by atoms with E-state index < -0.39 is 0 Å². The molecule has 152 valence electrons. The van der Waals surface area contributed by atoms with Crippen molar-refractivity contribution in [2.45, 2.75) is 40.4 Å². The summed E-state index contributed by atoms with van der Waals surface area (Å²) in [7, 11) is 0. The van der Waals surface area contributed by atoms with Gasteiger partial charge in [-0.05, 0) is 19.8 Å². The Morgan fingerprint density at radius 3 is 2.79 bits per heavy atom. The average molecular weight is 407 g/mol. The van der Waals surface area contributed by atoms with Gasteiger partial charge in [-0.1, -0.05) is 19.0 Å². The summed E-state index contributed by atoms with van der Waals surface area (Å²) in [4.78, 5) is 33.0. The lowest BCUT2D eigenvalue weighted by Crippen LogP contribution is -2.40. The monoisotopic (exact) mass is 406 g/mol. The molecule has 0 bridgehead atoms. The fourth-order valence-electron chi connectivity index (χ4n) is 3.25. The zero-order chi connectivity index (χ0) is 20.3. The molecule has 1 unspecified atom stereocenters. The van der Waals surface area contributed by atoms with Crippen molar-refractivity contribution >= 4 is 23.2 Å². The summed E-state index contributed by atoms with van der Waals surface area (Å²) in [6.07, 6.45) is -0.304. The van der Waals surface area contributed by atoms with Gasteiger partial charge in [0.05, 0.1) is 23.9 Å². The lowest BCUT2D eigenvalue weighted by Gasteiger charge is -2.25. The van der Waals surface area contributed by atoms with Crippen molar-refractivity contribution in [3.8, 4) is 0 Å². The van der Waals surface area contributed by atoms with E-state index in [-0.39, 0.29) is 24.5 Å². The van der Waals surface area contributed by atoms with Gasteiger partial charge in [0, 0.05) is 30.6 Å². The van der Waals surface area contributed by atoms with Gasteiger partial charge in [-0.2, -0.15) is 0 Å². The number of amides is 2. The maximum Gasteiger partial charge on any atom is 0.273 e. The lowest BCUT2D eigenvalue weighted by molar-refractivity contribution is -0.132. The van der Waals surface area contributed by atoms with Crippen molar-refractivity contribution in [2.24, 2.45) is 5.92 Å². The molecule has 0 aliphatic carbocycles. The fraction of sp³-hybridized carbons (Fsp3) is 0.579. The number of hydrogen-bond donors (Lipinski definition) is 0. The Hall–Kier alpha value is -2.26. The molecule has 2 aromatic heterocycles. The largest absolute Gasteiger partial charge is 0.370 e. The highest BCUT2D eigenvalue weighted by Crippen LogP contribution is 2.18. The summed E-state index contributed by atoms with van der Waals surface area (Å²) in [5.74, 6) is 0.734. The van der Waals surface area contributed by atoms with Crippen LogP contribution in [0.4, 0.5) is 0 Å². The molecule has 8 nitrogen and oxygen atoms in total. The van der Waals surface area contributed by atoms with Crippen LogP contribution in [-0.4, -0.2) is 64.0 Å². The molecule has 0 spiro atoms. The van der Waals surface area contributed by atoms with Gasteiger partial charge in [-0.25, -0.2) is 4.98 Å². The Bertz CT molecular complexity index is 799. The number of aryl methyl sites for hydroxylation is 2. The minimum absolute atomic E-state index is 0.0360. The second-order valence-electron chi connectivity index (χ2n) is 7.49. The minimum atomic E-state index is -0.304. The topological polar surface area (TPSA) is 88.8 Å². The second kappa shape index (κ2) is 8.83. The van der Waals surface area contributed by atoms with Crippen LogP contribution in [0.5, 0.6) is 0 Å². The van der Waals surface area contributed by atoms with Gasteiger partial charge >= 0.3 is 0 Å². The van der Waals surface area contributed by atoms with Gasteiger partial charge < -0.3 is 19.1 Å². The van der Waals surface area contributed by atoms with Crippen LogP contribution in [0.3, 0.4) is 0 Å². The molecule has 1 saturated heterocycles. The number of carbonyl (C=O) groups excluding carboxylic acids is 2. The van der Waals surface area contributed by atoms with Crippen LogP contribution in [0.1, 0.15) is 41.4 Å². The van der Waals surface area contributed by atoms with Crippen molar-refractivity contribution in [3.63, 3.8) is 0 Å². The average Bonchev–Trinajstić information content (AvgIpc) is 3.24. The molecule has 3 heterocycles. The predicted molar refractivity (Wildman–Crippen MR) is 104 cm³/mol. The molecule has 1 aliphatic heterocycles. The molecule has 9 heteroatoms. The van der Waals surface area contributed by atoms with Gasteiger partial charge in [0.15, 0.2) is 0 Å². The molecule has 1 atom stereocenters. The van der Waals surface area contributed by atoms with Crippen LogP contribution in [-0.2, 0) is 16.1 Å². The Morgan fingerprint density at radius 2 is 2.18 bits per heavy atom. The third-order valence-electron chi connectivity index (χ3n) is 4.70. The smallest absolute Gasteiger partial charge is 0.273 e. The number of aromatic nitrogens is 2. The summed E-state index contributed by atoms with van der Waals surface area (Å²) in [5.41, 5.74) is 3.67. The number of nitrogens with zero attached hydrogens (tertiary/aromatic N) is 4. The summed E-state index contributed by atoms with van der Waals surface area (Å²) >= 11 is 1.36. The fourth-order valence-corrected chi connectivity index (χ4v) is 3.77. The molecule has 0 saturated carbocycles. The molecule has 0 radical (unpaired) electrons. The highest BCUT2D eigenvalue weighted by atomic mass is 32.1. The summed E-state index contributed by atoms with van der Waals surface area (Å²) < 4.78 is 11.3. The number of carbonyl (C=O) groups is 2. The quantitative estimate of drug-likeness (QED) is 0.731. The first-order valence-electron chi connectivity index (χ1n) is 9.33. The summed E-state index contributed by atoms with van der Waals surface area (Å²) in [6.45, 7) is 9.62. The van der Waals surface area contributed by atoms with E-state index >= 15 is 0 Å². The van der Waals surface area contributed by atoms with E-state index in [0.717, 1.165) is 17.0 Å². The number of thiazole rings is 1. The van der Waals surface area contributed by atoms with E-state index in [4.69, 9.17) is 9.26 Å². The molecule has 1 fully saturated rings. The standard InChI is InChI=1S/C19H26N4O4S/c1-12(2)5-22-6-15(26-9-16-13(3)21-27-14(16)4)7-23(8-18(22)24)19(25)17-10-28-11-20-17/h10-12,15H,5-9H2,1-4H3. The first kappa shape index (κ1) is 20.5. The third-order valence-corrected chi connectivity index (χ3v) is 5.28. The molecule has 28 heavy (non-hydrogen) atoms. The first-order valence-corrected chi connectivity index (χ1v) is 10.3. The van der Waals surface area contributed by atoms with Crippen molar-refractivity contribution < 1.29 is 18.8 Å². The second-order valence-corrected chi connectivity index (χ2v) is 8.21. The van der Waals surface area contributed by atoms with Crippen molar-refractivity contribution in [2.75, 3.05) is 26.2 Å². The Kier molecular flexibility index (Phi) is 6.46. The molecule has 2 aromatic rings. The zero-order valence-electron chi connectivity index (χ0n) is 16.7. The first-order chi connectivity index (χ1) is 13.3. The normalized spacial score (nSPS) is 18.0. The van der Waals surface area contributed by atoms with E-state index in [1.165, 1.54) is 16.2 Å². The third kappa shape index (κ3) is 4.77. The predicted octanol–water partition coefficient (Wildman–Crippen LogP) is 2.27. The van der Waals surface area contributed by atoms with Gasteiger partial charge in [-0.3, -0.25) is 9.59 Å². The van der Waals surface area contributed by atoms with Gasteiger partial charge in [0.2, 0.25) is 5.91 Å². The molecule has 0 N–H and O–H groups in total. The van der Waals surface area contributed by atoms with E-state index in [0.29, 0.717) is 37.9 Å². The maximum absolute atomic E-state index is 12.8. The summed E-state index contributed by atoms with van der Waals surface area (Å²) in [6, 6.07) is 0. The summed E-state index contributed by atoms with van der Waals surface area (Å²) in [5, 5.41) is 5.65. The number of rotatable bonds is 6. The molecular formula is C19H26N4O4S. The minimum Gasteiger partial charge on any atom is -0.370 e. The molecular weight excluding hydrogens is 380 g/mol. The lowest BCUT2D eigenvalue weighted by atomic mass is 10.2. The van der Waals surface area contributed by atoms with Gasteiger partial charge in [0.1, 0.15) is 18.0 Å². The van der Waals surface area contributed by atoms with Crippen LogP contribution in [0, 0.1) is 19.8 Å². The van der Waals surface area contributed by atoms with Gasteiger partial charge in [0.25, 0.3) is 5.91 Å². The van der Waals surface area contributed by atoms with Gasteiger partial charge in [-0.15, -0.1) is 11.3 Å². The van der Waals surface area contributed by atoms with E-state index in [1.807, 2.05) is 13.8 Å².